The van der Waals surface area contributed by atoms with Crippen LogP contribution in [-0.4, -0.2) is 16.7 Å². The minimum absolute atomic E-state index is 0.0814. The van der Waals surface area contributed by atoms with Crippen LogP contribution in [0.1, 0.15) is 30.7 Å². The fourth-order valence-corrected chi connectivity index (χ4v) is 1.79. The molecule has 0 saturated carbocycles. The number of halogens is 3. The van der Waals surface area contributed by atoms with Crippen molar-refractivity contribution in [1.29, 1.82) is 0 Å². The second kappa shape index (κ2) is 5.62. The predicted molar refractivity (Wildman–Crippen MR) is 66.8 cm³/mol. The molecular weight excluding hydrogens is 271 g/mol. The number of alkyl halides is 3. The van der Waals surface area contributed by atoms with Crippen LogP contribution >= 0.6 is 0 Å². The smallest absolute Gasteiger partial charge is 0.339 e. The topological polar surface area (TPSA) is 64.9 Å². The molecule has 0 aliphatic rings. The molecule has 0 aliphatic heterocycles. The highest BCUT2D eigenvalue weighted by atomic mass is 19.4. The minimum Gasteiger partial charge on any atom is -0.339 e. The number of aromatic nitrogens is 2. The standard InChI is InChI=1S/C13H14F3N3O/c1-2-8(7-17)12-18-11(19-20-12)9-4-3-5-10(6-9)13(14,15)16/h3-6,8H,2,7,17H2,1H3. The summed E-state index contributed by atoms with van der Waals surface area (Å²) in [7, 11) is 0. The molecule has 7 heteroatoms. The number of rotatable bonds is 4. The highest BCUT2D eigenvalue weighted by molar-refractivity contribution is 5.55. The van der Waals surface area contributed by atoms with Crippen molar-refractivity contribution in [3.8, 4) is 11.4 Å². The molecule has 1 atom stereocenters. The fourth-order valence-electron chi connectivity index (χ4n) is 1.79. The van der Waals surface area contributed by atoms with E-state index in [0.717, 1.165) is 18.6 Å². The quantitative estimate of drug-likeness (QED) is 0.936. The third kappa shape index (κ3) is 2.98. The molecule has 1 aromatic heterocycles. The van der Waals surface area contributed by atoms with Gasteiger partial charge in [0.25, 0.3) is 0 Å². The summed E-state index contributed by atoms with van der Waals surface area (Å²) >= 11 is 0. The Balaban J connectivity index is 2.33. The summed E-state index contributed by atoms with van der Waals surface area (Å²) in [6, 6.07) is 4.82. The van der Waals surface area contributed by atoms with Crippen LogP contribution in [0.2, 0.25) is 0 Å². The molecule has 0 fully saturated rings. The Morgan fingerprint density at radius 3 is 2.70 bits per heavy atom. The third-order valence-corrected chi connectivity index (χ3v) is 3.02. The van der Waals surface area contributed by atoms with E-state index in [0.29, 0.717) is 12.4 Å². The molecule has 0 saturated heterocycles. The lowest BCUT2D eigenvalue weighted by atomic mass is 10.1. The lowest BCUT2D eigenvalue weighted by Gasteiger charge is -2.06. The van der Waals surface area contributed by atoms with Gasteiger partial charge in [0.1, 0.15) is 0 Å². The average Bonchev–Trinajstić information content (AvgIpc) is 2.89. The van der Waals surface area contributed by atoms with E-state index in [1.807, 2.05) is 6.92 Å². The number of benzene rings is 1. The molecule has 0 spiro atoms. The number of nitrogens with zero attached hydrogens (tertiary/aromatic N) is 2. The Kier molecular flexibility index (Phi) is 4.08. The maximum absolute atomic E-state index is 12.6. The fraction of sp³-hybridized carbons (Fsp3) is 0.385. The first kappa shape index (κ1) is 14.5. The van der Waals surface area contributed by atoms with Crippen LogP contribution in [0.15, 0.2) is 28.8 Å². The molecule has 2 aromatic rings. The van der Waals surface area contributed by atoms with E-state index < -0.39 is 11.7 Å². The molecule has 0 radical (unpaired) electrons. The third-order valence-electron chi connectivity index (χ3n) is 3.02. The number of hydrogen-bond donors (Lipinski definition) is 1. The zero-order valence-corrected chi connectivity index (χ0v) is 10.8. The van der Waals surface area contributed by atoms with E-state index in [2.05, 4.69) is 10.1 Å². The molecule has 1 unspecified atom stereocenters. The van der Waals surface area contributed by atoms with Gasteiger partial charge in [0.2, 0.25) is 11.7 Å². The van der Waals surface area contributed by atoms with E-state index in [1.54, 1.807) is 0 Å². The van der Waals surface area contributed by atoms with E-state index in [-0.39, 0.29) is 17.3 Å². The molecule has 1 heterocycles. The van der Waals surface area contributed by atoms with Crippen LogP contribution in [0.5, 0.6) is 0 Å². The van der Waals surface area contributed by atoms with Crippen molar-refractivity contribution in [1.82, 2.24) is 10.1 Å². The molecular formula is C13H14F3N3O. The minimum atomic E-state index is -4.40. The summed E-state index contributed by atoms with van der Waals surface area (Å²) < 4.78 is 43.0. The normalized spacial score (nSPS) is 13.4. The van der Waals surface area contributed by atoms with Gasteiger partial charge in [-0.3, -0.25) is 0 Å². The summed E-state index contributed by atoms with van der Waals surface area (Å²) in [6.45, 7) is 2.27. The summed E-state index contributed by atoms with van der Waals surface area (Å²) in [5.41, 5.74) is 5.09. The summed E-state index contributed by atoms with van der Waals surface area (Å²) in [5, 5.41) is 3.72. The van der Waals surface area contributed by atoms with Gasteiger partial charge in [0.15, 0.2) is 0 Å². The molecule has 0 bridgehead atoms. The highest BCUT2D eigenvalue weighted by Crippen LogP contribution is 2.31. The van der Waals surface area contributed by atoms with Crippen molar-refractivity contribution >= 4 is 0 Å². The largest absolute Gasteiger partial charge is 0.416 e. The summed E-state index contributed by atoms with van der Waals surface area (Å²) in [6.07, 6.45) is -3.67. The van der Waals surface area contributed by atoms with Gasteiger partial charge in [-0.25, -0.2) is 0 Å². The maximum Gasteiger partial charge on any atom is 0.416 e. The van der Waals surface area contributed by atoms with Gasteiger partial charge >= 0.3 is 6.18 Å². The zero-order chi connectivity index (χ0) is 14.8. The Hall–Kier alpha value is -1.89. The Bertz CT molecular complexity index is 576. The lowest BCUT2D eigenvalue weighted by molar-refractivity contribution is -0.137. The van der Waals surface area contributed by atoms with Crippen molar-refractivity contribution in [2.24, 2.45) is 5.73 Å². The van der Waals surface area contributed by atoms with Gasteiger partial charge in [-0.15, -0.1) is 0 Å². The van der Waals surface area contributed by atoms with Crippen molar-refractivity contribution in [2.75, 3.05) is 6.54 Å². The highest BCUT2D eigenvalue weighted by Gasteiger charge is 2.30. The zero-order valence-electron chi connectivity index (χ0n) is 10.8. The lowest BCUT2D eigenvalue weighted by Crippen LogP contribution is -2.11. The summed E-state index contributed by atoms with van der Waals surface area (Å²) in [4.78, 5) is 4.12. The number of nitrogens with two attached hydrogens (primary N) is 1. The van der Waals surface area contributed by atoms with Gasteiger partial charge in [-0.1, -0.05) is 24.2 Å². The first-order valence-electron chi connectivity index (χ1n) is 6.17. The van der Waals surface area contributed by atoms with Crippen molar-refractivity contribution < 1.29 is 17.7 Å². The van der Waals surface area contributed by atoms with Crippen molar-refractivity contribution in [3.63, 3.8) is 0 Å². The summed E-state index contributed by atoms with van der Waals surface area (Å²) in [5.74, 6) is 0.405. The molecule has 4 nitrogen and oxygen atoms in total. The first-order chi connectivity index (χ1) is 9.45. The van der Waals surface area contributed by atoms with Crippen LogP contribution < -0.4 is 5.73 Å². The van der Waals surface area contributed by atoms with Crippen LogP contribution in [0.3, 0.4) is 0 Å². The van der Waals surface area contributed by atoms with Gasteiger partial charge in [-0.2, -0.15) is 18.2 Å². The molecule has 0 aliphatic carbocycles. The van der Waals surface area contributed by atoms with E-state index >= 15 is 0 Å². The van der Waals surface area contributed by atoms with E-state index in [4.69, 9.17) is 10.3 Å². The Morgan fingerprint density at radius 1 is 1.35 bits per heavy atom. The monoisotopic (exact) mass is 285 g/mol. The first-order valence-corrected chi connectivity index (χ1v) is 6.17. The Labute approximate surface area is 113 Å². The van der Waals surface area contributed by atoms with Gasteiger partial charge in [0.05, 0.1) is 11.5 Å². The predicted octanol–water partition coefficient (Wildman–Crippen LogP) is 3.21. The SMILES string of the molecule is CCC(CN)c1nc(-c2cccc(C(F)(F)F)c2)no1. The van der Waals surface area contributed by atoms with Crippen LogP contribution in [-0.2, 0) is 6.18 Å². The van der Waals surface area contributed by atoms with Crippen LogP contribution in [0, 0.1) is 0 Å². The average molecular weight is 285 g/mol. The molecule has 1 aromatic carbocycles. The maximum atomic E-state index is 12.6. The van der Waals surface area contributed by atoms with Crippen molar-refractivity contribution in [3.05, 3.63) is 35.7 Å². The van der Waals surface area contributed by atoms with Crippen LogP contribution in [0.25, 0.3) is 11.4 Å². The second-order valence-electron chi connectivity index (χ2n) is 4.38. The van der Waals surface area contributed by atoms with Crippen LogP contribution in [0.4, 0.5) is 13.2 Å². The van der Waals surface area contributed by atoms with Gasteiger partial charge in [0, 0.05) is 12.1 Å². The molecule has 2 N–H and O–H groups in total. The van der Waals surface area contributed by atoms with E-state index in [1.165, 1.54) is 12.1 Å². The number of hydrogen-bond acceptors (Lipinski definition) is 4. The van der Waals surface area contributed by atoms with Gasteiger partial charge < -0.3 is 10.3 Å². The molecule has 108 valence electrons. The van der Waals surface area contributed by atoms with Crippen molar-refractivity contribution in [2.45, 2.75) is 25.4 Å². The van der Waals surface area contributed by atoms with E-state index in [9.17, 15) is 13.2 Å². The molecule has 0 amide bonds. The molecule has 2 rings (SSSR count). The Morgan fingerprint density at radius 2 is 2.10 bits per heavy atom. The van der Waals surface area contributed by atoms with Gasteiger partial charge in [-0.05, 0) is 18.6 Å². The second-order valence-corrected chi connectivity index (χ2v) is 4.38. The molecule has 20 heavy (non-hydrogen) atoms.